The minimum absolute atomic E-state index is 0.331. The number of methoxy groups -OCH3 is 1. The summed E-state index contributed by atoms with van der Waals surface area (Å²) in [5, 5.41) is 1.28. The molecule has 1 heterocycles. The number of aldehydes is 1. The Balaban J connectivity index is 2.73. The van der Waals surface area contributed by atoms with Crippen LogP contribution in [0, 0.1) is 0 Å². The van der Waals surface area contributed by atoms with Crippen LogP contribution in [0.5, 0.6) is 5.75 Å². The lowest BCUT2D eigenvalue weighted by atomic mass is 10.2. The van der Waals surface area contributed by atoms with Gasteiger partial charge in [0.15, 0.2) is 6.29 Å². The van der Waals surface area contributed by atoms with Crippen LogP contribution in [0.2, 0.25) is 5.02 Å². The number of fused-ring (bicyclic) bond motifs is 1. The fraction of sp³-hybridized carbons (Fsp3) is 0.0909. The molecule has 15 heavy (non-hydrogen) atoms. The van der Waals surface area contributed by atoms with Crippen molar-refractivity contribution in [1.29, 1.82) is 0 Å². The van der Waals surface area contributed by atoms with Crippen LogP contribution in [0.15, 0.2) is 24.3 Å². The third-order valence-corrected chi connectivity index (χ3v) is 2.42. The van der Waals surface area contributed by atoms with Gasteiger partial charge in [-0.2, -0.15) is 0 Å². The smallest absolute Gasteiger partial charge is 0.168 e. The fourth-order valence-electron chi connectivity index (χ4n) is 1.37. The third-order valence-electron chi connectivity index (χ3n) is 2.11. The predicted octanol–water partition coefficient (Wildman–Crippen LogP) is 2.71. The molecule has 0 aliphatic carbocycles. The summed E-state index contributed by atoms with van der Waals surface area (Å²) in [5.41, 5.74) is 1.02. The monoisotopic (exact) mass is 221 g/mol. The zero-order valence-electron chi connectivity index (χ0n) is 8.03. The van der Waals surface area contributed by atoms with Crippen LogP contribution in [0.25, 0.3) is 10.9 Å². The Bertz CT molecular complexity index is 525. The first-order chi connectivity index (χ1) is 7.24. The van der Waals surface area contributed by atoms with E-state index in [4.69, 9.17) is 16.3 Å². The number of nitrogens with zero attached hydrogens (tertiary/aromatic N) is 1. The van der Waals surface area contributed by atoms with E-state index < -0.39 is 0 Å². The predicted molar refractivity (Wildman–Crippen MR) is 58.7 cm³/mol. The van der Waals surface area contributed by atoms with E-state index >= 15 is 0 Å². The van der Waals surface area contributed by atoms with Crippen molar-refractivity contribution in [3.8, 4) is 5.75 Å². The number of pyridine rings is 1. The quantitative estimate of drug-likeness (QED) is 0.732. The molecule has 4 heteroatoms. The average Bonchev–Trinajstić information content (AvgIpc) is 2.28. The zero-order valence-corrected chi connectivity index (χ0v) is 8.78. The van der Waals surface area contributed by atoms with Crippen molar-refractivity contribution in [2.45, 2.75) is 0 Å². The highest BCUT2D eigenvalue weighted by Crippen LogP contribution is 2.26. The fourth-order valence-corrected chi connectivity index (χ4v) is 1.63. The normalized spacial score (nSPS) is 10.3. The lowest BCUT2D eigenvalue weighted by molar-refractivity contribution is 0.111. The van der Waals surface area contributed by atoms with Crippen molar-refractivity contribution in [3.63, 3.8) is 0 Å². The number of halogens is 1. The highest BCUT2D eigenvalue weighted by molar-refractivity contribution is 6.35. The van der Waals surface area contributed by atoms with Crippen LogP contribution in [0.3, 0.4) is 0 Å². The van der Waals surface area contributed by atoms with Gasteiger partial charge in [0.1, 0.15) is 11.4 Å². The molecule has 0 fully saturated rings. The average molecular weight is 222 g/mol. The molecular weight excluding hydrogens is 214 g/mol. The SMILES string of the molecule is COc1ccc2nc(C=O)cc(Cl)c2c1. The molecule has 2 aromatic rings. The minimum Gasteiger partial charge on any atom is -0.497 e. The molecule has 0 saturated heterocycles. The molecule has 0 unspecified atom stereocenters. The second-order valence-electron chi connectivity index (χ2n) is 3.03. The topological polar surface area (TPSA) is 39.2 Å². The van der Waals surface area contributed by atoms with E-state index in [0.29, 0.717) is 28.3 Å². The number of hydrogen-bond donors (Lipinski definition) is 0. The van der Waals surface area contributed by atoms with Crippen molar-refractivity contribution >= 4 is 28.8 Å². The lowest BCUT2D eigenvalue weighted by Crippen LogP contribution is -1.90. The number of hydrogen-bond acceptors (Lipinski definition) is 3. The summed E-state index contributed by atoms with van der Waals surface area (Å²) in [4.78, 5) is 14.7. The standard InChI is InChI=1S/C11H8ClNO2/c1-15-8-2-3-11-9(5-8)10(12)4-7(6-14)13-11/h2-6H,1H3. The summed E-state index contributed by atoms with van der Waals surface area (Å²) in [6.45, 7) is 0. The van der Waals surface area contributed by atoms with Crippen LogP contribution in [0.4, 0.5) is 0 Å². The van der Waals surface area contributed by atoms with Crippen molar-refractivity contribution in [2.75, 3.05) is 7.11 Å². The maximum Gasteiger partial charge on any atom is 0.168 e. The van der Waals surface area contributed by atoms with Gasteiger partial charge in [0, 0.05) is 5.39 Å². The summed E-state index contributed by atoms with van der Waals surface area (Å²) in [7, 11) is 1.59. The van der Waals surface area contributed by atoms with Gasteiger partial charge < -0.3 is 4.74 Å². The Labute approximate surface area is 91.6 Å². The van der Waals surface area contributed by atoms with Gasteiger partial charge in [-0.25, -0.2) is 4.98 Å². The Morgan fingerprint density at radius 2 is 2.20 bits per heavy atom. The number of ether oxygens (including phenoxy) is 1. The summed E-state index contributed by atoms with van der Waals surface area (Å²) in [6.07, 6.45) is 0.676. The molecule has 0 bridgehead atoms. The Morgan fingerprint density at radius 3 is 2.87 bits per heavy atom. The summed E-state index contributed by atoms with van der Waals surface area (Å²) in [5.74, 6) is 0.713. The second-order valence-corrected chi connectivity index (χ2v) is 3.44. The van der Waals surface area contributed by atoms with E-state index in [1.165, 1.54) is 6.07 Å². The maximum atomic E-state index is 10.6. The molecule has 0 radical (unpaired) electrons. The first-order valence-corrected chi connectivity index (χ1v) is 4.72. The highest BCUT2D eigenvalue weighted by atomic mass is 35.5. The van der Waals surface area contributed by atoms with Crippen molar-refractivity contribution in [1.82, 2.24) is 4.98 Å². The molecule has 3 nitrogen and oxygen atoms in total. The van der Waals surface area contributed by atoms with E-state index in [-0.39, 0.29) is 0 Å². The molecule has 0 atom stereocenters. The molecular formula is C11H8ClNO2. The minimum atomic E-state index is 0.331. The molecule has 0 amide bonds. The number of carbonyl (C=O) groups is 1. The van der Waals surface area contributed by atoms with Gasteiger partial charge in [0.2, 0.25) is 0 Å². The third kappa shape index (κ3) is 1.78. The summed E-state index contributed by atoms with van der Waals surface area (Å²) < 4.78 is 5.08. The largest absolute Gasteiger partial charge is 0.497 e. The van der Waals surface area contributed by atoms with E-state index in [1.807, 2.05) is 0 Å². The van der Waals surface area contributed by atoms with E-state index in [2.05, 4.69) is 4.98 Å². The van der Waals surface area contributed by atoms with Crippen LogP contribution >= 0.6 is 11.6 Å². The van der Waals surface area contributed by atoms with Gasteiger partial charge in [-0.3, -0.25) is 4.79 Å². The molecule has 0 N–H and O–H groups in total. The molecule has 1 aromatic carbocycles. The number of rotatable bonds is 2. The van der Waals surface area contributed by atoms with Gasteiger partial charge in [-0.05, 0) is 24.3 Å². The molecule has 0 aliphatic heterocycles. The van der Waals surface area contributed by atoms with Gasteiger partial charge in [0.05, 0.1) is 17.6 Å². The Kier molecular flexibility index (Phi) is 2.56. The number of benzene rings is 1. The molecule has 76 valence electrons. The molecule has 0 saturated carbocycles. The maximum absolute atomic E-state index is 10.6. The van der Waals surface area contributed by atoms with Crippen molar-refractivity contribution in [2.24, 2.45) is 0 Å². The molecule has 1 aromatic heterocycles. The van der Waals surface area contributed by atoms with E-state index in [0.717, 1.165) is 5.39 Å². The number of aromatic nitrogens is 1. The Morgan fingerprint density at radius 1 is 1.40 bits per heavy atom. The van der Waals surface area contributed by atoms with Crippen molar-refractivity contribution in [3.05, 3.63) is 35.0 Å². The number of carbonyl (C=O) groups excluding carboxylic acids is 1. The van der Waals surface area contributed by atoms with Gasteiger partial charge in [-0.15, -0.1) is 0 Å². The summed E-state index contributed by atoms with van der Waals surface area (Å²) >= 11 is 6.02. The zero-order chi connectivity index (χ0) is 10.8. The van der Waals surface area contributed by atoms with Gasteiger partial charge in [-0.1, -0.05) is 11.6 Å². The lowest BCUT2D eigenvalue weighted by Gasteiger charge is -2.04. The second kappa shape index (κ2) is 3.87. The van der Waals surface area contributed by atoms with Crippen LogP contribution in [-0.4, -0.2) is 18.4 Å². The highest BCUT2D eigenvalue weighted by Gasteiger charge is 2.04. The van der Waals surface area contributed by atoms with Gasteiger partial charge >= 0.3 is 0 Å². The summed E-state index contributed by atoms with van der Waals surface area (Å²) in [6, 6.07) is 6.88. The van der Waals surface area contributed by atoms with Crippen LogP contribution in [-0.2, 0) is 0 Å². The van der Waals surface area contributed by atoms with Gasteiger partial charge in [0.25, 0.3) is 0 Å². The van der Waals surface area contributed by atoms with Crippen LogP contribution < -0.4 is 4.74 Å². The molecule has 0 spiro atoms. The Hall–Kier alpha value is -1.61. The van der Waals surface area contributed by atoms with E-state index in [9.17, 15) is 4.79 Å². The first-order valence-electron chi connectivity index (χ1n) is 4.34. The van der Waals surface area contributed by atoms with Crippen LogP contribution in [0.1, 0.15) is 10.5 Å². The van der Waals surface area contributed by atoms with E-state index in [1.54, 1.807) is 25.3 Å². The molecule has 2 rings (SSSR count). The molecule has 0 aliphatic rings. The first kappa shape index (κ1) is 9.93. The van der Waals surface area contributed by atoms with Crippen molar-refractivity contribution < 1.29 is 9.53 Å².